The Morgan fingerprint density at radius 3 is 2.45 bits per heavy atom. The van der Waals surface area contributed by atoms with Crippen molar-refractivity contribution >= 4 is 11.7 Å². The molecule has 5 nitrogen and oxygen atoms in total. The maximum atomic E-state index is 13.6. The van der Waals surface area contributed by atoms with Crippen LogP contribution in [0.5, 0.6) is 0 Å². The van der Waals surface area contributed by atoms with Crippen molar-refractivity contribution in [2.75, 3.05) is 6.54 Å². The van der Waals surface area contributed by atoms with E-state index in [4.69, 9.17) is 0 Å². The minimum absolute atomic E-state index is 0.0000636. The Kier molecular flexibility index (Phi) is 8.32. The first kappa shape index (κ1) is 25.0. The van der Waals surface area contributed by atoms with Crippen molar-refractivity contribution in [1.82, 2.24) is 10.6 Å². The van der Waals surface area contributed by atoms with Gasteiger partial charge in [-0.05, 0) is 41.2 Å². The van der Waals surface area contributed by atoms with Gasteiger partial charge in [-0.15, -0.1) is 0 Å². The highest BCUT2D eigenvalue weighted by Crippen LogP contribution is 2.34. The predicted octanol–water partition coefficient (Wildman–Crippen LogP) is 3.60. The molecule has 1 saturated carbocycles. The van der Waals surface area contributed by atoms with Gasteiger partial charge in [-0.1, -0.05) is 38.1 Å². The number of benzene rings is 2. The van der Waals surface area contributed by atoms with Gasteiger partial charge in [0.15, 0.2) is 0 Å². The molecule has 0 radical (unpaired) electrons. The van der Waals surface area contributed by atoms with Gasteiger partial charge in [0.2, 0.25) is 5.91 Å². The van der Waals surface area contributed by atoms with Crippen LogP contribution in [0.25, 0.3) is 0 Å². The third-order valence-corrected chi connectivity index (χ3v) is 6.21. The van der Waals surface area contributed by atoms with E-state index < -0.39 is 23.8 Å². The molecular formula is C26H32F2N2O3. The number of rotatable bonds is 9. The number of halogens is 2. The molecular weight excluding hydrogens is 426 g/mol. The summed E-state index contributed by atoms with van der Waals surface area (Å²) in [6, 6.07) is 10.5. The molecule has 4 unspecified atom stereocenters. The Hall–Kier alpha value is -2.64. The molecule has 3 N–H and O–H groups in total. The molecule has 4 atom stereocenters. The third-order valence-electron chi connectivity index (χ3n) is 6.21. The molecule has 0 aromatic heterocycles. The number of ketones is 1. The first-order valence-electron chi connectivity index (χ1n) is 11.4. The minimum atomic E-state index is -1.02. The van der Waals surface area contributed by atoms with E-state index in [-0.39, 0.29) is 36.6 Å². The molecule has 178 valence electrons. The van der Waals surface area contributed by atoms with Crippen molar-refractivity contribution in [3.8, 4) is 0 Å². The van der Waals surface area contributed by atoms with Gasteiger partial charge in [0.1, 0.15) is 17.4 Å². The van der Waals surface area contributed by atoms with E-state index in [9.17, 15) is 23.5 Å². The molecule has 2 aromatic carbocycles. The SMILES string of the molecule is CC(=O)NC(Cc1cc(F)cc(F)c1)C(O)CNC1CC(=O)CC1c1cccc(C(C)C)c1. The number of amides is 1. The highest BCUT2D eigenvalue weighted by molar-refractivity contribution is 5.83. The number of carbonyl (C=O) groups is 2. The predicted molar refractivity (Wildman–Crippen MR) is 123 cm³/mol. The fraction of sp³-hybridized carbons (Fsp3) is 0.462. The molecule has 33 heavy (non-hydrogen) atoms. The van der Waals surface area contributed by atoms with Crippen LogP contribution in [0.3, 0.4) is 0 Å². The van der Waals surface area contributed by atoms with Crippen molar-refractivity contribution < 1.29 is 23.5 Å². The quantitative estimate of drug-likeness (QED) is 0.537. The summed E-state index contributed by atoms with van der Waals surface area (Å²) in [5.74, 6) is -1.24. The molecule has 0 heterocycles. The number of Topliss-reactive ketones (excluding diaryl/α,β-unsaturated/α-hetero) is 1. The van der Waals surface area contributed by atoms with Gasteiger partial charge < -0.3 is 15.7 Å². The van der Waals surface area contributed by atoms with Gasteiger partial charge in [-0.2, -0.15) is 0 Å². The van der Waals surface area contributed by atoms with Crippen LogP contribution in [0, 0.1) is 11.6 Å². The number of hydrogen-bond acceptors (Lipinski definition) is 4. The van der Waals surface area contributed by atoms with Gasteiger partial charge in [-0.25, -0.2) is 8.78 Å². The first-order valence-corrected chi connectivity index (χ1v) is 11.4. The van der Waals surface area contributed by atoms with Gasteiger partial charge in [0.25, 0.3) is 0 Å². The standard InChI is InChI=1S/C26H32F2N2O3/c1-15(2)18-5-4-6-19(10-18)23-12-22(32)13-24(23)29-14-26(33)25(30-16(3)31)9-17-7-20(27)11-21(28)8-17/h4-8,10-11,15,23-26,29,33H,9,12-14H2,1-3H3,(H,30,31). The van der Waals surface area contributed by atoms with Crippen LogP contribution < -0.4 is 10.6 Å². The van der Waals surface area contributed by atoms with E-state index >= 15 is 0 Å². The number of nitrogens with one attached hydrogen (secondary N) is 2. The van der Waals surface area contributed by atoms with E-state index in [2.05, 4.69) is 36.6 Å². The summed E-state index contributed by atoms with van der Waals surface area (Å²) in [4.78, 5) is 23.9. The van der Waals surface area contributed by atoms with Crippen LogP contribution in [-0.2, 0) is 16.0 Å². The monoisotopic (exact) mass is 458 g/mol. The van der Waals surface area contributed by atoms with Crippen molar-refractivity contribution in [2.24, 2.45) is 0 Å². The lowest BCUT2D eigenvalue weighted by atomic mass is 9.90. The second-order valence-electron chi connectivity index (χ2n) is 9.25. The van der Waals surface area contributed by atoms with Crippen LogP contribution in [0.15, 0.2) is 42.5 Å². The summed E-state index contributed by atoms with van der Waals surface area (Å²) in [7, 11) is 0. The van der Waals surface area contributed by atoms with E-state index in [1.54, 1.807) is 0 Å². The minimum Gasteiger partial charge on any atom is -0.390 e. The molecule has 1 aliphatic rings. The Labute approximate surface area is 193 Å². The molecule has 0 bridgehead atoms. The van der Waals surface area contributed by atoms with Crippen LogP contribution in [0.1, 0.15) is 62.1 Å². The zero-order chi connectivity index (χ0) is 24.1. The van der Waals surface area contributed by atoms with Gasteiger partial charge in [0.05, 0.1) is 12.1 Å². The maximum absolute atomic E-state index is 13.6. The van der Waals surface area contributed by atoms with Gasteiger partial charge >= 0.3 is 0 Å². The molecule has 2 aromatic rings. The lowest BCUT2D eigenvalue weighted by molar-refractivity contribution is -0.120. The fourth-order valence-corrected chi connectivity index (χ4v) is 4.51. The maximum Gasteiger partial charge on any atom is 0.217 e. The summed E-state index contributed by atoms with van der Waals surface area (Å²) >= 11 is 0. The Balaban J connectivity index is 1.70. The number of hydrogen-bond donors (Lipinski definition) is 3. The van der Waals surface area contributed by atoms with Crippen molar-refractivity contribution in [2.45, 2.75) is 70.1 Å². The number of carbonyl (C=O) groups excluding carboxylic acids is 2. The average molecular weight is 459 g/mol. The summed E-state index contributed by atoms with van der Waals surface area (Å²) in [5.41, 5.74) is 2.64. The summed E-state index contributed by atoms with van der Waals surface area (Å²) in [6.07, 6.45) is -0.143. The van der Waals surface area contributed by atoms with Crippen LogP contribution in [0.4, 0.5) is 8.78 Å². The second-order valence-corrected chi connectivity index (χ2v) is 9.25. The largest absolute Gasteiger partial charge is 0.390 e. The average Bonchev–Trinajstić information content (AvgIpc) is 3.11. The van der Waals surface area contributed by atoms with Crippen LogP contribution in [0.2, 0.25) is 0 Å². The summed E-state index contributed by atoms with van der Waals surface area (Å²) in [5, 5.41) is 16.8. The van der Waals surface area contributed by atoms with E-state index in [1.807, 2.05) is 12.1 Å². The molecule has 1 amide bonds. The van der Waals surface area contributed by atoms with Crippen molar-refractivity contribution in [1.29, 1.82) is 0 Å². The zero-order valence-electron chi connectivity index (χ0n) is 19.3. The summed E-state index contributed by atoms with van der Waals surface area (Å²) < 4.78 is 27.2. The van der Waals surface area contributed by atoms with Crippen molar-refractivity contribution in [3.05, 3.63) is 70.8 Å². The zero-order valence-corrected chi connectivity index (χ0v) is 19.3. The lowest BCUT2D eigenvalue weighted by Crippen LogP contribution is -2.49. The van der Waals surface area contributed by atoms with E-state index in [0.717, 1.165) is 11.6 Å². The Morgan fingerprint density at radius 1 is 1.12 bits per heavy atom. The highest BCUT2D eigenvalue weighted by Gasteiger charge is 2.35. The fourth-order valence-electron chi connectivity index (χ4n) is 4.51. The molecule has 0 aliphatic heterocycles. The normalized spacial score (nSPS) is 20.2. The molecule has 0 saturated heterocycles. The lowest BCUT2D eigenvalue weighted by Gasteiger charge is -2.27. The Bertz CT molecular complexity index is 975. The topological polar surface area (TPSA) is 78.4 Å². The van der Waals surface area contributed by atoms with E-state index in [0.29, 0.717) is 24.3 Å². The van der Waals surface area contributed by atoms with E-state index in [1.165, 1.54) is 24.6 Å². The number of aliphatic hydroxyl groups is 1. The Morgan fingerprint density at radius 2 is 1.82 bits per heavy atom. The number of aliphatic hydroxyl groups excluding tert-OH is 1. The first-order chi connectivity index (χ1) is 15.6. The van der Waals surface area contributed by atoms with Gasteiger partial charge in [-0.3, -0.25) is 9.59 Å². The smallest absolute Gasteiger partial charge is 0.217 e. The molecule has 7 heteroatoms. The second kappa shape index (κ2) is 11.0. The van der Waals surface area contributed by atoms with Crippen molar-refractivity contribution in [3.63, 3.8) is 0 Å². The molecule has 1 fully saturated rings. The van der Waals surface area contributed by atoms with Crippen LogP contribution >= 0.6 is 0 Å². The van der Waals surface area contributed by atoms with Crippen LogP contribution in [-0.4, -0.2) is 41.5 Å². The molecule has 0 spiro atoms. The highest BCUT2D eigenvalue weighted by atomic mass is 19.1. The molecule has 1 aliphatic carbocycles. The third kappa shape index (κ3) is 6.92. The molecule has 3 rings (SSSR count). The van der Waals surface area contributed by atoms with Gasteiger partial charge in [0, 0.05) is 44.3 Å². The summed E-state index contributed by atoms with van der Waals surface area (Å²) in [6.45, 7) is 5.70.